The van der Waals surface area contributed by atoms with E-state index in [2.05, 4.69) is 10.2 Å². The fourth-order valence-corrected chi connectivity index (χ4v) is 1.88. The summed E-state index contributed by atoms with van der Waals surface area (Å²) in [5, 5.41) is 6.49. The Morgan fingerprint density at radius 2 is 2.17 bits per heavy atom. The number of H-pyrrole nitrogens is 1. The fourth-order valence-electron chi connectivity index (χ4n) is 1.72. The van der Waals surface area contributed by atoms with Crippen molar-refractivity contribution in [3.05, 3.63) is 51.7 Å². The average Bonchev–Trinajstić information content (AvgIpc) is 2.77. The van der Waals surface area contributed by atoms with Crippen LogP contribution in [0.4, 0.5) is 4.39 Å². The first-order chi connectivity index (χ1) is 8.65. The van der Waals surface area contributed by atoms with Gasteiger partial charge in [0.25, 0.3) is 5.56 Å². The van der Waals surface area contributed by atoms with Crippen molar-refractivity contribution in [1.82, 2.24) is 10.2 Å². The van der Waals surface area contributed by atoms with Gasteiger partial charge in [-0.1, -0.05) is 23.7 Å². The molecule has 3 rings (SSSR count). The first-order valence-electron chi connectivity index (χ1n) is 5.09. The Kier molecular flexibility index (Phi) is 2.41. The third kappa shape index (κ3) is 1.69. The standard InChI is InChI=1S/C12H6ClFN2O2/c13-10-5-7(12(17)16-15-10)9-4-6-2-1-3-8(14)11(6)18-9/h1-5H,(H,16,17). The lowest BCUT2D eigenvalue weighted by atomic mass is 10.2. The zero-order valence-electron chi connectivity index (χ0n) is 8.91. The number of furan rings is 1. The van der Waals surface area contributed by atoms with E-state index in [0.717, 1.165) is 0 Å². The third-order valence-corrected chi connectivity index (χ3v) is 2.73. The Balaban J connectivity index is 2.29. The van der Waals surface area contributed by atoms with Crippen molar-refractivity contribution < 1.29 is 8.81 Å². The maximum Gasteiger partial charge on any atom is 0.275 e. The summed E-state index contributed by atoms with van der Waals surface area (Å²) in [6.45, 7) is 0. The van der Waals surface area contributed by atoms with Crippen LogP contribution in [0.25, 0.3) is 22.3 Å². The Morgan fingerprint density at radius 3 is 2.94 bits per heavy atom. The van der Waals surface area contributed by atoms with Gasteiger partial charge in [-0.2, -0.15) is 5.10 Å². The lowest BCUT2D eigenvalue weighted by Gasteiger charge is -1.95. The van der Waals surface area contributed by atoms with Crippen LogP contribution in [0.1, 0.15) is 0 Å². The molecule has 0 fully saturated rings. The van der Waals surface area contributed by atoms with Gasteiger partial charge in [0.1, 0.15) is 10.9 Å². The highest BCUT2D eigenvalue weighted by Crippen LogP contribution is 2.28. The first kappa shape index (κ1) is 11.0. The van der Waals surface area contributed by atoms with Crippen molar-refractivity contribution in [3.63, 3.8) is 0 Å². The van der Waals surface area contributed by atoms with Gasteiger partial charge < -0.3 is 4.42 Å². The second-order valence-electron chi connectivity index (χ2n) is 3.70. The SMILES string of the molecule is O=c1[nH]nc(Cl)cc1-c1cc2cccc(F)c2o1. The van der Waals surface area contributed by atoms with Gasteiger partial charge in [-0.3, -0.25) is 4.79 Å². The van der Waals surface area contributed by atoms with Crippen molar-refractivity contribution in [3.8, 4) is 11.3 Å². The summed E-state index contributed by atoms with van der Waals surface area (Å²) in [4.78, 5) is 11.6. The molecule has 2 heterocycles. The Bertz CT molecular complexity index is 794. The minimum atomic E-state index is -0.477. The zero-order chi connectivity index (χ0) is 12.7. The van der Waals surface area contributed by atoms with Gasteiger partial charge in [0.15, 0.2) is 11.4 Å². The normalized spacial score (nSPS) is 11.0. The summed E-state index contributed by atoms with van der Waals surface area (Å²) < 4.78 is 18.8. The molecule has 6 heteroatoms. The topological polar surface area (TPSA) is 58.9 Å². The Labute approximate surface area is 105 Å². The second-order valence-corrected chi connectivity index (χ2v) is 4.09. The van der Waals surface area contributed by atoms with Crippen LogP contribution in [0.15, 0.2) is 39.5 Å². The summed E-state index contributed by atoms with van der Waals surface area (Å²) in [6.07, 6.45) is 0. The summed E-state index contributed by atoms with van der Waals surface area (Å²) in [6, 6.07) is 7.51. The molecule has 2 aromatic heterocycles. The van der Waals surface area contributed by atoms with E-state index in [4.69, 9.17) is 16.0 Å². The van der Waals surface area contributed by atoms with Crippen LogP contribution in [-0.4, -0.2) is 10.2 Å². The molecule has 0 atom stereocenters. The molecule has 0 aliphatic rings. The van der Waals surface area contributed by atoms with Crippen molar-refractivity contribution in [1.29, 1.82) is 0 Å². The monoisotopic (exact) mass is 264 g/mol. The van der Waals surface area contributed by atoms with Crippen LogP contribution in [0, 0.1) is 5.82 Å². The lowest BCUT2D eigenvalue weighted by molar-refractivity contribution is 0.568. The van der Waals surface area contributed by atoms with Gasteiger partial charge in [-0.15, -0.1) is 0 Å². The number of aromatic nitrogens is 2. The Hall–Kier alpha value is -2.14. The predicted octanol–water partition coefficient (Wildman–Crippen LogP) is 2.98. The molecular weight excluding hydrogens is 259 g/mol. The molecule has 1 aromatic carbocycles. The smallest absolute Gasteiger partial charge is 0.275 e. The van der Waals surface area contributed by atoms with E-state index in [1.54, 1.807) is 18.2 Å². The third-order valence-electron chi connectivity index (χ3n) is 2.53. The molecule has 4 nitrogen and oxygen atoms in total. The molecule has 0 amide bonds. The number of nitrogens with zero attached hydrogens (tertiary/aromatic N) is 1. The summed E-state index contributed by atoms with van der Waals surface area (Å²) in [5.74, 6) is -0.226. The number of para-hydroxylation sites is 1. The molecule has 3 aromatic rings. The maximum absolute atomic E-state index is 13.5. The Morgan fingerprint density at radius 1 is 1.33 bits per heavy atom. The van der Waals surface area contributed by atoms with Gasteiger partial charge in [0.2, 0.25) is 0 Å². The van der Waals surface area contributed by atoms with E-state index in [1.165, 1.54) is 12.1 Å². The largest absolute Gasteiger partial charge is 0.453 e. The molecule has 0 radical (unpaired) electrons. The van der Waals surface area contributed by atoms with E-state index in [-0.39, 0.29) is 22.1 Å². The van der Waals surface area contributed by atoms with Crippen LogP contribution in [0.5, 0.6) is 0 Å². The second kappa shape index (κ2) is 3.96. The molecule has 0 saturated heterocycles. The molecule has 18 heavy (non-hydrogen) atoms. The fraction of sp³-hybridized carbons (Fsp3) is 0. The molecule has 0 unspecified atom stereocenters. The minimum Gasteiger partial charge on any atom is -0.453 e. The van der Waals surface area contributed by atoms with Gasteiger partial charge in [0, 0.05) is 5.39 Å². The average molecular weight is 265 g/mol. The van der Waals surface area contributed by atoms with E-state index < -0.39 is 11.4 Å². The van der Waals surface area contributed by atoms with E-state index in [1.807, 2.05) is 0 Å². The van der Waals surface area contributed by atoms with E-state index >= 15 is 0 Å². The number of halogens is 2. The summed E-state index contributed by atoms with van der Waals surface area (Å²) >= 11 is 5.70. The van der Waals surface area contributed by atoms with E-state index in [0.29, 0.717) is 5.39 Å². The number of hydrogen-bond acceptors (Lipinski definition) is 3. The number of rotatable bonds is 1. The van der Waals surface area contributed by atoms with Crippen LogP contribution in [-0.2, 0) is 0 Å². The quantitative estimate of drug-likeness (QED) is 0.735. The van der Waals surface area contributed by atoms with Crippen LogP contribution >= 0.6 is 11.6 Å². The number of aromatic amines is 1. The van der Waals surface area contributed by atoms with E-state index in [9.17, 15) is 9.18 Å². The molecule has 0 saturated carbocycles. The number of hydrogen-bond donors (Lipinski definition) is 1. The highest BCUT2D eigenvalue weighted by Gasteiger charge is 2.13. The van der Waals surface area contributed by atoms with Crippen LogP contribution < -0.4 is 5.56 Å². The summed E-state index contributed by atoms with van der Waals surface area (Å²) in [5.41, 5.74) is -0.121. The maximum atomic E-state index is 13.5. The number of fused-ring (bicyclic) bond motifs is 1. The number of nitrogens with one attached hydrogen (secondary N) is 1. The summed E-state index contributed by atoms with van der Waals surface area (Å²) in [7, 11) is 0. The molecular formula is C12H6ClFN2O2. The molecule has 1 N–H and O–H groups in total. The molecule has 0 spiro atoms. The van der Waals surface area contributed by atoms with Crippen molar-refractivity contribution in [2.45, 2.75) is 0 Å². The highest BCUT2D eigenvalue weighted by molar-refractivity contribution is 6.29. The van der Waals surface area contributed by atoms with Crippen molar-refractivity contribution in [2.24, 2.45) is 0 Å². The highest BCUT2D eigenvalue weighted by atomic mass is 35.5. The lowest BCUT2D eigenvalue weighted by Crippen LogP contribution is -2.09. The minimum absolute atomic E-state index is 0.111. The molecule has 90 valence electrons. The number of benzene rings is 1. The predicted molar refractivity (Wildman–Crippen MR) is 65.0 cm³/mol. The van der Waals surface area contributed by atoms with Crippen LogP contribution in [0.3, 0.4) is 0 Å². The molecule has 0 aliphatic heterocycles. The van der Waals surface area contributed by atoms with Gasteiger partial charge in [-0.05, 0) is 18.2 Å². The van der Waals surface area contributed by atoms with Crippen molar-refractivity contribution >= 4 is 22.6 Å². The van der Waals surface area contributed by atoms with Gasteiger partial charge in [-0.25, -0.2) is 9.49 Å². The zero-order valence-corrected chi connectivity index (χ0v) is 9.66. The van der Waals surface area contributed by atoms with Crippen LogP contribution in [0.2, 0.25) is 5.15 Å². The van der Waals surface area contributed by atoms with Gasteiger partial charge in [0.05, 0.1) is 5.56 Å². The first-order valence-corrected chi connectivity index (χ1v) is 5.46. The van der Waals surface area contributed by atoms with Gasteiger partial charge >= 0.3 is 0 Å². The molecule has 0 aliphatic carbocycles. The molecule has 0 bridgehead atoms. The van der Waals surface area contributed by atoms with Crippen molar-refractivity contribution in [2.75, 3.05) is 0 Å².